The number of aliphatic carboxylic acids is 1. The van der Waals surface area contributed by atoms with E-state index in [2.05, 4.69) is 0 Å². The number of rotatable bonds is 1. The smallest absolute Gasteiger partial charge is 0.327 e. The molecule has 1 N–H and O–H groups in total. The van der Waals surface area contributed by atoms with Crippen LogP contribution in [-0.2, 0) is 11.2 Å². The molecule has 1 aromatic rings. The van der Waals surface area contributed by atoms with Crippen LogP contribution in [0.1, 0.15) is 18.9 Å². The molecule has 0 fully saturated rings. The molecular formula is C16H18N2O3. The van der Waals surface area contributed by atoms with E-state index in [4.69, 9.17) is 0 Å². The van der Waals surface area contributed by atoms with Gasteiger partial charge >= 0.3 is 12.0 Å². The Morgan fingerprint density at radius 2 is 2.05 bits per heavy atom. The predicted octanol–water partition coefficient (Wildman–Crippen LogP) is 2.27. The van der Waals surface area contributed by atoms with Crippen molar-refractivity contribution in [1.29, 1.82) is 0 Å². The molecular weight excluding hydrogens is 268 g/mol. The minimum Gasteiger partial charge on any atom is -0.480 e. The second-order valence-corrected chi connectivity index (χ2v) is 5.59. The minimum atomic E-state index is -0.955. The average molecular weight is 286 g/mol. The van der Waals surface area contributed by atoms with Crippen molar-refractivity contribution in [3.05, 3.63) is 41.5 Å². The number of carbonyl (C=O) groups excluding carboxylic acids is 1. The van der Waals surface area contributed by atoms with Crippen molar-refractivity contribution >= 4 is 17.7 Å². The van der Waals surface area contributed by atoms with E-state index >= 15 is 0 Å². The molecule has 21 heavy (non-hydrogen) atoms. The van der Waals surface area contributed by atoms with Gasteiger partial charge in [-0.1, -0.05) is 29.8 Å². The number of fused-ring (bicyclic) bond motifs is 1. The third-order valence-corrected chi connectivity index (χ3v) is 4.17. The second-order valence-electron chi connectivity index (χ2n) is 5.59. The molecule has 0 aromatic heterocycles. The van der Waals surface area contributed by atoms with Gasteiger partial charge in [-0.3, -0.25) is 4.90 Å². The third kappa shape index (κ3) is 2.39. The van der Waals surface area contributed by atoms with Crippen LogP contribution in [0.3, 0.4) is 0 Å². The molecule has 0 aliphatic carbocycles. The number of nitrogens with zero attached hydrogens (tertiary/aromatic N) is 2. The highest BCUT2D eigenvalue weighted by atomic mass is 16.4. The molecule has 5 nitrogen and oxygen atoms in total. The summed E-state index contributed by atoms with van der Waals surface area (Å²) >= 11 is 0. The fourth-order valence-electron chi connectivity index (χ4n) is 2.92. The summed E-state index contributed by atoms with van der Waals surface area (Å²) in [5.41, 5.74) is 2.92. The van der Waals surface area contributed by atoms with Crippen molar-refractivity contribution < 1.29 is 14.7 Å². The lowest BCUT2D eigenvalue weighted by Gasteiger charge is -2.32. The number of para-hydroxylation sites is 1. The molecule has 2 aliphatic heterocycles. The van der Waals surface area contributed by atoms with Gasteiger partial charge in [-0.2, -0.15) is 0 Å². The summed E-state index contributed by atoms with van der Waals surface area (Å²) in [6, 6.07) is 6.40. The normalized spacial score (nSPS) is 21.0. The number of urea groups is 1. The number of carboxylic acid groups (broad SMARTS) is 1. The molecule has 1 aromatic carbocycles. The van der Waals surface area contributed by atoms with Crippen molar-refractivity contribution in [2.45, 2.75) is 25.8 Å². The average Bonchev–Trinajstić information content (AvgIpc) is 2.87. The highest BCUT2D eigenvalue weighted by molar-refractivity contribution is 6.01. The van der Waals surface area contributed by atoms with Gasteiger partial charge in [0.2, 0.25) is 0 Å². The van der Waals surface area contributed by atoms with E-state index in [1.165, 1.54) is 10.5 Å². The SMILES string of the molecule is CC1=CCN(C(=O)N2c3ccccc3C[C@H]2C(=O)O)CC1. The van der Waals surface area contributed by atoms with Gasteiger partial charge in [-0.25, -0.2) is 9.59 Å². The van der Waals surface area contributed by atoms with Gasteiger partial charge in [0.1, 0.15) is 6.04 Å². The molecule has 0 spiro atoms. The number of carboxylic acids is 1. The number of hydrogen-bond donors (Lipinski definition) is 1. The van der Waals surface area contributed by atoms with Gasteiger partial charge in [0, 0.05) is 25.2 Å². The Morgan fingerprint density at radius 1 is 1.29 bits per heavy atom. The first-order chi connectivity index (χ1) is 10.1. The van der Waals surface area contributed by atoms with Gasteiger partial charge in [-0.05, 0) is 25.0 Å². The van der Waals surface area contributed by atoms with Crippen LogP contribution in [0.15, 0.2) is 35.9 Å². The number of hydrogen-bond acceptors (Lipinski definition) is 2. The van der Waals surface area contributed by atoms with Gasteiger partial charge in [0.15, 0.2) is 0 Å². The predicted molar refractivity (Wildman–Crippen MR) is 79.4 cm³/mol. The summed E-state index contributed by atoms with van der Waals surface area (Å²) in [7, 11) is 0. The zero-order chi connectivity index (χ0) is 15.0. The Labute approximate surface area is 123 Å². The first kappa shape index (κ1) is 13.7. The van der Waals surface area contributed by atoms with Crippen molar-refractivity contribution in [2.24, 2.45) is 0 Å². The molecule has 0 radical (unpaired) electrons. The number of carbonyl (C=O) groups is 2. The summed E-state index contributed by atoms with van der Waals surface area (Å²) in [6.07, 6.45) is 3.25. The largest absolute Gasteiger partial charge is 0.480 e. The molecule has 0 bridgehead atoms. The standard InChI is InChI=1S/C16H18N2O3/c1-11-6-8-17(9-7-11)16(21)18-13-5-3-2-4-12(13)10-14(18)15(19)20/h2-6,14H,7-10H2,1H3,(H,19,20)/t14-/m0/s1. The van der Waals surface area contributed by atoms with E-state index in [0.717, 1.165) is 17.7 Å². The van der Waals surface area contributed by atoms with E-state index < -0.39 is 12.0 Å². The maximum atomic E-state index is 12.7. The zero-order valence-corrected chi connectivity index (χ0v) is 12.0. The van der Waals surface area contributed by atoms with Crippen LogP contribution >= 0.6 is 0 Å². The first-order valence-electron chi connectivity index (χ1n) is 7.12. The van der Waals surface area contributed by atoms with Crippen molar-refractivity contribution in [3.8, 4) is 0 Å². The Kier molecular flexibility index (Phi) is 3.41. The van der Waals surface area contributed by atoms with E-state index in [-0.39, 0.29) is 6.03 Å². The second kappa shape index (κ2) is 5.24. The van der Waals surface area contributed by atoms with Gasteiger partial charge in [0.05, 0.1) is 0 Å². The van der Waals surface area contributed by atoms with Crippen molar-refractivity contribution in [2.75, 3.05) is 18.0 Å². The molecule has 0 unspecified atom stereocenters. The molecule has 2 amide bonds. The van der Waals surface area contributed by atoms with Crippen molar-refractivity contribution in [1.82, 2.24) is 4.90 Å². The maximum Gasteiger partial charge on any atom is 0.327 e. The Bertz CT molecular complexity index is 624. The number of anilines is 1. The van der Waals surface area contributed by atoms with Crippen LogP contribution in [0.2, 0.25) is 0 Å². The van der Waals surface area contributed by atoms with Crippen LogP contribution < -0.4 is 4.90 Å². The summed E-state index contributed by atoms with van der Waals surface area (Å²) in [6.45, 7) is 3.24. The first-order valence-corrected chi connectivity index (χ1v) is 7.12. The fourth-order valence-corrected chi connectivity index (χ4v) is 2.92. The van der Waals surface area contributed by atoms with Crippen molar-refractivity contribution in [3.63, 3.8) is 0 Å². The summed E-state index contributed by atoms with van der Waals surface area (Å²) in [5, 5.41) is 9.42. The molecule has 1 atom stereocenters. The van der Waals surface area contributed by atoms with E-state index in [1.54, 1.807) is 4.90 Å². The lowest BCUT2D eigenvalue weighted by molar-refractivity contribution is -0.138. The summed E-state index contributed by atoms with van der Waals surface area (Å²) in [4.78, 5) is 27.4. The molecule has 0 saturated carbocycles. The Hall–Kier alpha value is -2.30. The number of amides is 2. The van der Waals surface area contributed by atoms with Crippen LogP contribution in [0, 0.1) is 0 Å². The maximum absolute atomic E-state index is 12.7. The van der Waals surface area contributed by atoms with Gasteiger partial charge in [0.25, 0.3) is 0 Å². The molecule has 3 rings (SSSR count). The highest BCUT2D eigenvalue weighted by Crippen LogP contribution is 2.33. The zero-order valence-electron chi connectivity index (χ0n) is 12.0. The fraction of sp³-hybridized carbons (Fsp3) is 0.375. The highest BCUT2D eigenvalue weighted by Gasteiger charge is 2.40. The third-order valence-electron chi connectivity index (χ3n) is 4.17. The molecule has 2 aliphatic rings. The Balaban J connectivity index is 1.91. The van der Waals surface area contributed by atoms with Gasteiger partial charge in [-0.15, -0.1) is 0 Å². The lowest BCUT2D eigenvalue weighted by atomic mass is 10.1. The molecule has 110 valence electrons. The van der Waals surface area contributed by atoms with Crippen LogP contribution in [0.5, 0.6) is 0 Å². The van der Waals surface area contributed by atoms with E-state index in [1.807, 2.05) is 37.3 Å². The van der Waals surface area contributed by atoms with Crippen LogP contribution in [0.4, 0.5) is 10.5 Å². The van der Waals surface area contributed by atoms with Crippen LogP contribution in [-0.4, -0.2) is 41.1 Å². The van der Waals surface area contributed by atoms with E-state index in [0.29, 0.717) is 19.5 Å². The summed E-state index contributed by atoms with van der Waals surface area (Å²) < 4.78 is 0. The van der Waals surface area contributed by atoms with Gasteiger partial charge < -0.3 is 10.0 Å². The molecule has 0 saturated heterocycles. The Morgan fingerprint density at radius 3 is 2.71 bits per heavy atom. The van der Waals surface area contributed by atoms with E-state index in [9.17, 15) is 14.7 Å². The summed E-state index contributed by atoms with van der Waals surface area (Å²) in [5.74, 6) is -0.955. The van der Waals surface area contributed by atoms with Crippen LogP contribution in [0.25, 0.3) is 0 Å². The molecule has 2 heterocycles. The minimum absolute atomic E-state index is 0.212. The molecule has 5 heteroatoms. The monoisotopic (exact) mass is 286 g/mol. The topological polar surface area (TPSA) is 60.9 Å². The quantitative estimate of drug-likeness (QED) is 0.806. The lowest BCUT2D eigenvalue weighted by Crippen LogP contribution is -2.50. The number of benzene rings is 1.